The number of hydrogen-bond donors (Lipinski definition) is 0. The van der Waals surface area contributed by atoms with Crippen molar-refractivity contribution in [3.05, 3.63) is 0 Å². The molecule has 2 rings (SSSR count). The predicted molar refractivity (Wildman–Crippen MR) is 67.3 cm³/mol. The van der Waals surface area contributed by atoms with Crippen LogP contribution in [0.4, 0.5) is 0 Å². The van der Waals surface area contributed by atoms with E-state index in [1.165, 1.54) is 0 Å². The second-order valence-corrected chi connectivity index (χ2v) is 4.78. The van der Waals surface area contributed by atoms with Crippen LogP contribution in [-0.2, 0) is 18.9 Å². The maximum atomic E-state index is 5.81. The Morgan fingerprint density at radius 3 is 2.22 bits per heavy atom. The number of rotatable bonds is 4. The molecule has 0 radical (unpaired) electrons. The summed E-state index contributed by atoms with van der Waals surface area (Å²) in [5.41, 5.74) is 0. The summed E-state index contributed by atoms with van der Waals surface area (Å²) in [6.07, 6.45) is 8.08. The lowest BCUT2D eigenvalue weighted by molar-refractivity contribution is -0.183. The molecule has 0 aliphatic carbocycles. The van der Waals surface area contributed by atoms with E-state index in [-0.39, 0.29) is 24.4 Å². The standard InChI is InChI=1S/C14H22O4/c1-3-4-5-12-14(18-9-8-16-12)10-13-11(2)15-6-7-17-13/h1,11-14H,4-10H2,2H3. The van der Waals surface area contributed by atoms with Gasteiger partial charge in [0.15, 0.2) is 0 Å². The lowest BCUT2D eigenvalue weighted by atomic mass is 9.99. The molecular formula is C14H22O4. The van der Waals surface area contributed by atoms with Gasteiger partial charge in [-0.2, -0.15) is 0 Å². The van der Waals surface area contributed by atoms with Crippen LogP contribution in [0.1, 0.15) is 26.2 Å². The van der Waals surface area contributed by atoms with Crippen molar-refractivity contribution in [1.29, 1.82) is 0 Å². The molecule has 2 aliphatic rings. The van der Waals surface area contributed by atoms with Crippen molar-refractivity contribution in [1.82, 2.24) is 0 Å². The first kappa shape index (κ1) is 13.8. The third-order valence-electron chi connectivity index (χ3n) is 3.52. The second-order valence-electron chi connectivity index (χ2n) is 4.78. The highest BCUT2D eigenvalue weighted by Crippen LogP contribution is 2.23. The van der Waals surface area contributed by atoms with Crippen LogP contribution < -0.4 is 0 Å². The third kappa shape index (κ3) is 3.69. The molecule has 4 heteroatoms. The lowest BCUT2D eigenvalue weighted by Gasteiger charge is -2.37. The normalized spacial score (nSPS) is 37.1. The van der Waals surface area contributed by atoms with Crippen molar-refractivity contribution in [2.24, 2.45) is 0 Å². The molecule has 0 aromatic heterocycles. The second kappa shape index (κ2) is 7.10. The van der Waals surface area contributed by atoms with Crippen LogP contribution in [0.15, 0.2) is 0 Å². The maximum Gasteiger partial charge on any atom is 0.0863 e. The zero-order chi connectivity index (χ0) is 12.8. The Labute approximate surface area is 109 Å². The van der Waals surface area contributed by atoms with Gasteiger partial charge in [-0.15, -0.1) is 12.3 Å². The van der Waals surface area contributed by atoms with Gasteiger partial charge in [0.2, 0.25) is 0 Å². The van der Waals surface area contributed by atoms with Gasteiger partial charge in [0, 0.05) is 12.8 Å². The van der Waals surface area contributed by atoms with Gasteiger partial charge in [0.05, 0.1) is 50.8 Å². The highest BCUT2D eigenvalue weighted by atomic mass is 16.6. The summed E-state index contributed by atoms with van der Waals surface area (Å²) in [5.74, 6) is 2.66. The first-order valence-corrected chi connectivity index (χ1v) is 6.71. The van der Waals surface area contributed by atoms with Gasteiger partial charge in [0.25, 0.3) is 0 Å². The molecule has 4 atom stereocenters. The van der Waals surface area contributed by atoms with Gasteiger partial charge in [-0.25, -0.2) is 0 Å². The largest absolute Gasteiger partial charge is 0.373 e. The molecule has 0 aromatic rings. The van der Waals surface area contributed by atoms with Crippen molar-refractivity contribution < 1.29 is 18.9 Å². The summed E-state index contributed by atoms with van der Waals surface area (Å²) in [4.78, 5) is 0. The van der Waals surface area contributed by atoms with Crippen LogP contribution in [0.3, 0.4) is 0 Å². The van der Waals surface area contributed by atoms with Crippen molar-refractivity contribution >= 4 is 0 Å². The average Bonchev–Trinajstić information content (AvgIpc) is 2.40. The third-order valence-corrected chi connectivity index (χ3v) is 3.52. The van der Waals surface area contributed by atoms with Crippen molar-refractivity contribution in [2.45, 2.75) is 50.6 Å². The molecule has 2 fully saturated rings. The molecule has 4 unspecified atom stereocenters. The van der Waals surface area contributed by atoms with E-state index in [0.717, 1.165) is 19.3 Å². The summed E-state index contributed by atoms with van der Waals surface area (Å²) in [6, 6.07) is 0. The minimum absolute atomic E-state index is 0.0706. The fourth-order valence-corrected chi connectivity index (χ4v) is 2.49. The van der Waals surface area contributed by atoms with Crippen molar-refractivity contribution in [3.63, 3.8) is 0 Å². The van der Waals surface area contributed by atoms with Crippen LogP contribution in [0.2, 0.25) is 0 Å². The first-order chi connectivity index (χ1) is 8.81. The highest BCUT2D eigenvalue weighted by molar-refractivity contribution is 4.88. The lowest BCUT2D eigenvalue weighted by Crippen LogP contribution is -2.45. The molecule has 0 bridgehead atoms. The smallest absolute Gasteiger partial charge is 0.0863 e. The molecule has 2 aliphatic heterocycles. The van der Waals surface area contributed by atoms with E-state index in [2.05, 4.69) is 5.92 Å². The van der Waals surface area contributed by atoms with Gasteiger partial charge < -0.3 is 18.9 Å². The topological polar surface area (TPSA) is 36.9 Å². The number of hydrogen-bond acceptors (Lipinski definition) is 4. The van der Waals surface area contributed by atoms with Gasteiger partial charge in [-0.05, 0) is 13.3 Å². The van der Waals surface area contributed by atoms with E-state index < -0.39 is 0 Å². The van der Waals surface area contributed by atoms with Gasteiger partial charge in [-0.1, -0.05) is 0 Å². The Balaban J connectivity index is 1.86. The molecule has 102 valence electrons. The van der Waals surface area contributed by atoms with Crippen LogP contribution >= 0.6 is 0 Å². The van der Waals surface area contributed by atoms with Crippen molar-refractivity contribution in [2.75, 3.05) is 26.4 Å². The molecule has 0 spiro atoms. The van der Waals surface area contributed by atoms with E-state index in [9.17, 15) is 0 Å². The Morgan fingerprint density at radius 1 is 0.944 bits per heavy atom. The van der Waals surface area contributed by atoms with Gasteiger partial charge in [0.1, 0.15) is 0 Å². The molecule has 0 N–H and O–H groups in total. The van der Waals surface area contributed by atoms with E-state index in [1.54, 1.807) is 0 Å². The predicted octanol–water partition coefficient (Wildman–Crippen LogP) is 1.38. The minimum atomic E-state index is 0.0706. The van der Waals surface area contributed by atoms with Crippen molar-refractivity contribution in [3.8, 4) is 12.3 Å². The zero-order valence-corrected chi connectivity index (χ0v) is 11.0. The van der Waals surface area contributed by atoms with E-state index in [4.69, 9.17) is 25.4 Å². The molecule has 0 aromatic carbocycles. The van der Waals surface area contributed by atoms with E-state index >= 15 is 0 Å². The molecule has 2 saturated heterocycles. The van der Waals surface area contributed by atoms with E-state index in [0.29, 0.717) is 26.4 Å². The first-order valence-electron chi connectivity index (χ1n) is 6.71. The molecular weight excluding hydrogens is 232 g/mol. The van der Waals surface area contributed by atoms with Crippen LogP contribution in [0.25, 0.3) is 0 Å². The Morgan fingerprint density at radius 2 is 1.56 bits per heavy atom. The van der Waals surface area contributed by atoms with Gasteiger partial charge >= 0.3 is 0 Å². The van der Waals surface area contributed by atoms with Crippen LogP contribution in [0.5, 0.6) is 0 Å². The zero-order valence-electron chi connectivity index (χ0n) is 11.0. The van der Waals surface area contributed by atoms with Crippen LogP contribution in [-0.4, -0.2) is 50.8 Å². The number of terminal acetylenes is 1. The quantitative estimate of drug-likeness (QED) is 0.710. The fraction of sp³-hybridized carbons (Fsp3) is 0.857. The summed E-state index contributed by atoms with van der Waals surface area (Å²) >= 11 is 0. The molecule has 18 heavy (non-hydrogen) atoms. The Kier molecular flexibility index (Phi) is 5.45. The molecule has 0 saturated carbocycles. The molecule has 0 amide bonds. The SMILES string of the molecule is C#CCCC1OCCOC1CC1OCCOC1C. The summed E-state index contributed by atoms with van der Waals surface area (Å²) < 4.78 is 22.9. The molecule has 2 heterocycles. The average molecular weight is 254 g/mol. The Bertz CT molecular complexity index is 286. The number of ether oxygens (including phenoxy) is 4. The Hall–Kier alpha value is -0.600. The highest BCUT2D eigenvalue weighted by Gasteiger charge is 2.32. The summed E-state index contributed by atoms with van der Waals surface area (Å²) in [6.45, 7) is 4.70. The maximum absolute atomic E-state index is 5.81. The van der Waals surface area contributed by atoms with Crippen LogP contribution in [0, 0.1) is 12.3 Å². The summed E-state index contributed by atoms with van der Waals surface area (Å²) in [5, 5.41) is 0. The molecule has 4 nitrogen and oxygen atoms in total. The minimum Gasteiger partial charge on any atom is -0.373 e. The summed E-state index contributed by atoms with van der Waals surface area (Å²) in [7, 11) is 0. The monoisotopic (exact) mass is 254 g/mol. The van der Waals surface area contributed by atoms with E-state index in [1.807, 2.05) is 6.92 Å². The fourth-order valence-electron chi connectivity index (χ4n) is 2.49. The van der Waals surface area contributed by atoms with Gasteiger partial charge in [-0.3, -0.25) is 0 Å².